The molecular formula is C21H24N4O5. The number of nitrogens with one attached hydrogen (secondary N) is 1. The maximum Gasteiger partial charge on any atom is 0.356 e. The van der Waals surface area contributed by atoms with E-state index in [1.807, 2.05) is 24.3 Å². The first-order valence-corrected chi connectivity index (χ1v) is 9.26. The number of nitrogens with two attached hydrogens (primary N) is 1. The summed E-state index contributed by atoms with van der Waals surface area (Å²) in [5.74, 6) is -0.228. The number of fused-ring (bicyclic) bond motifs is 1. The highest BCUT2D eigenvalue weighted by molar-refractivity contribution is 6.11. The number of nitrogen functional groups attached to an aromatic ring is 1. The van der Waals surface area contributed by atoms with Gasteiger partial charge in [0.1, 0.15) is 18.0 Å². The van der Waals surface area contributed by atoms with Crippen molar-refractivity contribution in [1.29, 1.82) is 0 Å². The van der Waals surface area contributed by atoms with Crippen LogP contribution >= 0.6 is 0 Å². The molecule has 0 aliphatic heterocycles. The number of rotatable bonds is 8. The first kappa shape index (κ1) is 21.1. The van der Waals surface area contributed by atoms with Crippen LogP contribution < -0.4 is 15.8 Å². The van der Waals surface area contributed by atoms with Crippen molar-refractivity contribution in [3.8, 4) is 5.75 Å². The summed E-state index contributed by atoms with van der Waals surface area (Å²) in [6.45, 7) is 0.277. The van der Waals surface area contributed by atoms with Crippen molar-refractivity contribution in [1.82, 2.24) is 9.55 Å². The molecule has 1 aromatic carbocycles. The van der Waals surface area contributed by atoms with Gasteiger partial charge in [0, 0.05) is 19.0 Å². The van der Waals surface area contributed by atoms with Crippen LogP contribution in [0, 0.1) is 0 Å². The van der Waals surface area contributed by atoms with E-state index in [4.69, 9.17) is 19.9 Å². The second-order valence-electron chi connectivity index (χ2n) is 6.59. The predicted octanol–water partition coefficient (Wildman–Crippen LogP) is 2.24. The number of hydrogen-bond acceptors (Lipinski definition) is 7. The number of aryl methyl sites for hydroxylation is 2. The molecule has 3 aromatic rings. The fourth-order valence-electron chi connectivity index (χ4n) is 3.23. The van der Waals surface area contributed by atoms with Gasteiger partial charge in [-0.25, -0.2) is 9.78 Å². The van der Waals surface area contributed by atoms with Crippen LogP contribution in [0.2, 0.25) is 0 Å². The minimum Gasteiger partial charge on any atom is -0.497 e. The zero-order chi connectivity index (χ0) is 21.7. The molecule has 0 atom stereocenters. The van der Waals surface area contributed by atoms with Crippen LogP contribution in [-0.2, 0) is 27.2 Å². The number of aromatic nitrogens is 2. The molecule has 0 unspecified atom stereocenters. The quantitative estimate of drug-likeness (QED) is 0.545. The molecule has 0 saturated carbocycles. The van der Waals surface area contributed by atoms with E-state index < -0.39 is 11.9 Å². The van der Waals surface area contributed by atoms with Gasteiger partial charge in [-0.3, -0.25) is 4.79 Å². The molecule has 3 N–H and O–H groups in total. The summed E-state index contributed by atoms with van der Waals surface area (Å²) in [6.07, 6.45) is 2.13. The van der Waals surface area contributed by atoms with E-state index in [9.17, 15) is 9.59 Å². The van der Waals surface area contributed by atoms with Crippen molar-refractivity contribution < 1.29 is 23.8 Å². The third-order valence-corrected chi connectivity index (χ3v) is 4.62. The number of methoxy groups -OCH3 is 3. The van der Waals surface area contributed by atoms with Crippen molar-refractivity contribution >= 4 is 34.3 Å². The Bertz CT molecular complexity index is 1060. The van der Waals surface area contributed by atoms with Crippen LogP contribution in [0.15, 0.2) is 36.5 Å². The van der Waals surface area contributed by atoms with E-state index >= 15 is 0 Å². The zero-order valence-corrected chi connectivity index (χ0v) is 17.1. The fraction of sp³-hybridized carbons (Fsp3) is 0.286. The molecule has 2 heterocycles. The van der Waals surface area contributed by atoms with Gasteiger partial charge in [-0.15, -0.1) is 0 Å². The van der Waals surface area contributed by atoms with Crippen molar-refractivity contribution in [2.75, 3.05) is 39.0 Å². The maximum atomic E-state index is 12.6. The molecule has 9 nitrogen and oxygen atoms in total. The number of benzene rings is 1. The second kappa shape index (κ2) is 9.27. The van der Waals surface area contributed by atoms with E-state index in [1.54, 1.807) is 17.7 Å². The van der Waals surface area contributed by atoms with Crippen molar-refractivity contribution in [3.63, 3.8) is 0 Å². The van der Waals surface area contributed by atoms with Gasteiger partial charge in [0.05, 0.1) is 31.8 Å². The number of nitrogens with zero attached hydrogens (tertiary/aromatic N) is 2. The van der Waals surface area contributed by atoms with E-state index in [-0.39, 0.29) is 12.3 Å². The molecule has 0 radical (unpaired) electrons. The van der Waals surface area contributed by atoms with Gasteiger partial charge in [-0.2, -0.15) is 0 Å². The first-order valence-electron chi connectivity index (χ1n) is 9.26. The molecule has 0 aliphatic carbocycles. The highest BCUT2D eigenvalue weighted by Crippen LogP contribution is 2.32. The van der Waals surface area contributed by atoms with Crippen LogP contribution in [0.3, 0.4) is 0 Å². The van der Waals surface area contributed by atoms with Crippen molar-refractivity contribution in [3.05, 3.63) is 47.8 Å². The van der Waals surface area contributed by atoms with Crippen LogP contribution in [-0.4, -0.2) is 49.4 Å². The van der Waals surface area contributed by atoms with E-state index in [2.05, 4.69) is 10.3 Å². The van der Waals surface area contributed by atoms with Gasteiger partial charge in [0.2, 0.25) is 5.91 Å². The Kier molecular flexibility index (Phi) is 6.53. The molecule has 158 valence electrons. The zero-order valence-electron chi connectivity index (χ0n) is 17.1. The third-order valence-electron chi connectivity index (χ3n) is 4.62. The SMILES string of the molecule is COCC(=O)Nc1c(C(=O)OC)n(CCc2ccc(OC)cc2)c2ncc(N)cc12. The molecule has 1 amide bonds. The lowest BCUT2D eigenvalue weighted by Crippen LogP contribution is -2.20. The van der Waals surface area contributed by atoms with E-state index in [0.29, 0.717) is 35.4 Å². The Labute approximate surface area is 173 Å². The highest BCUT2D eigenvalue weighted by Gasteiger charge is 2.26. The third kappa shape index (κ3) is 4.36. The summed E-state index contributed by atoms with van der Waals surface area (Å²) in [5.41, 5.74) is 8.38. The monoisotopic (exact) mass is 412 g/mol. The number of hydrogen-bond donors (Lipinski definition) is 2. The molecule has 0 fully saturated rings. The topological polar surface area (TPSA) is 118 Å². The standard InChI is InChI=1S/C21H24N4O5/c1-28-12-17(26)24-18-16-10-14(22)11-23-20(16)25(19(18)21(27)30-3)9-8-13-4-6-15(29-2)7-5-13/h4-7,10-11H,8-9,12,22H2,1-3H3,(H,24,26). The number of amides is 1. The number of anilines is 2. The number of pyridine rings is 1. The Hall–Kier alpha value is -3.59. The molecule has 9 heteroatoms. The summed E-state index contributed by atoms with van der Waals surface area (Å²) in [5, 5.41) is 3.28. The summed E-state index contributed by atoms with van der Waals surface area (Å²) < 4.78 is 16.8. The largest absolute Gasteiger partial charge is 0.497 e. The number of carbonyl (C=O) groups is 2. The minimum absolute atomic E-state index is 0.158. The Morgan fingerprint density at radius 2 is 1.90 bits per heavy atom. The lowest BCUT2D eigenvalue weighted by atomic mass is 10.1. The van der Waals surface area contributed by atoms with E-state index in [1.165, 1.54) is 20.4 Å². The molecule has 30 heavy (non-hydrogen) atoms. The molecule has 3 rings (SSSR count). The normalized spacial score (nSPS) is 10.8. The number of ether oxygens (including phenoxy) is 3. The van der Waals surface area contributed by atoms with Crippen molar-refractivity contribution in [2.45, 2.75) is 13.0 Å². The maximum absolute atomic E-state index is 12.6. The Balaban J connectivity index is 2.06. The number of esters is 1. The molecule has 0 bridgehead atoms. The number of carbonyl (C=O) groups excluding carboxylic acids is 2. The Morgan fingerprint density at radius 3 is 2.53 bits per heavy atom. The fourth-order valence-corrected chi connectivity index (χ4v) is 3.23. The first-order chi connectivity index (χ1) is 14.5. The van der Waals surface area contributed by atoms with Gasteiger partial charge in [-0.05, 0) is 30.2 Å². The van der Waals surface area contributed by atoms with Gasteiger partial charge in [-0.1, -0.05) is 12.1 Å². The van der Waals surface area contributed by atoms with E-state index in [0.717, 1.165) is 11.3 Å². The smallest absolute Gasteiger partial charge is 0.356 e. The van der Waals surface area contributed by atoms with Crippen molar-refractivity contribution in [2.24, 2.45) is 0 Å². The predicted molar refractivity (Wildman–Crippen MR) is 113 cm³/mol. The lowest BCUT2D eigenvalue weighted by molar-refractivity contribution is -0.119. The summed E-state index contributed by atoms with van der Waals surface area (Å²) in [7, 11) is 4.31. The average molecular weight is 412 g/mol. The van der Waals surface area contributed by atoms with Gasteiger partial charge < -0.3 is 29.8 Å². The summed E-state index contributed by atoms with van der Waals surface area (Å²) in [4.78, 5) is 29.2. The lowest BCUT2D eigenvalue weighted by Gasteiger charge is -2.11. The minimum atomic E-state index is -0.589. The summed E-state index contributed by atoms with van der Waals surface area (Å²) in [6, 6.07) is 9.32. The highest BCUT2D eigenvalue weighted by atomic mass is 16.5. The van der Waals surface area contributed by atoms with Gasteiger partial charge in [0.15, 0.2) is 5.69 Å². The molecule has 2 aromatic heterocycles. The van der Waals surface area contributed by atoms with Crippen LogP contribution in [0.4, 0.5) is 11.4 Å². The molecule has 0 aliphatic rings. The van der Waals surface area contributed by atoms with Crippen LogP contribution in [0.25, 0.3) is 11.0 Å². The molecular weight excluding hydrogens is 388 g/mol. The second-order valence-corrected chi connectivity index (χ2v) is 6.59. The molecule has 0 spiro atoms. The van der Waals surface area contributed by atoms with Crippen LogP contribution in [0.1, 0.15) is 16.1 Å². The molecule has 0 saturated heterocycles. The van der Waals surface area contributed by atoms with Crippen LogP contribution in [0.5, 0.6) is 5.75 Å². The summed E-state index contributed by atoms with van der Waals surface area (Å²) >= 11 is 0. The van der Waals surface area contributed by atoms with Gasteiger partial charge >= 0.3 is 5.97 Å². The average Bonchev–Trinajstić information content (AvgIpc) is 3.04. The van der Waals surface area contributed by atoms with Gasteiger partial charge in [0.25, 0.3) is 0 Å². The Morgan fingerprint density at radius 1 is 1.17 bits per heavy atom.